The second-order valence-electron chi connectivity index (χ2n) is 14.2. The molecule has 0 aliphatic rings. The summed E-state index contributed by atoms with van der Waals surface area (Å²) < 4.78 is 15.4. The van der Waals surface area contributed by atoms with E-state index in [0.29, 0.717) is 29.4 Å². The molecule has 0 atom stereocenters. The van der Waals surface area contributed by atoms with Crippen molar-refractivity contribution in [1.82, 2.24) is 0 Å². The molecule has 4 heteroatoms. The lowest BCUT2D eigenvalue weighted by molar-refractivity contribution is 0.103. The van der Waals surface area contributed by atoms with Crippen LogP contribution in [-0.4, -0.2) is 17.2 Å². The van der Waals surface area contributed by atoms with Gasteiger partial charge >= 0.3 is 0 Å². The van der Waals surface area contributed by atoms with Gasteiger partial charge in [-0.25, -0.2) is 0 Å². The predicted octanol–water partition coefficient (Wildman–Crippen LogP) is 12.4. The summed E-state index contributed by atoms with van der Waals surface area (Å²) >= 11 is 0. The summed E-state index contributed by atoms with van der Waals surface area (Å²) in [6, 6.07) is 8.49. The molecule has 0 saturated heterocycles. The Hall–Kier alpha value is -1.99. The highest BCUT2D eigenvalue weighted by atomic mass is 31.2. The Morgan fingerprint density at radius 3 is 1.07 bits per heavy atom. The summed E-state index contributed by atoms with van der Waals surface area (Å²) in [6.07, 6.45) is 3.63. The summed E-state index contributed by atoms with van der Waals surface area (Å²) in [4.78, 5) is 29.9. The SMILES string of the molecule is CCCCCCP(=O)(C(=O)c1c(C(C)C)cc(C(C)C)cc1C(C)C)C(=O)c1c(C(C)C)cc(C(C)C)cc1C(C)C. The summed E-state index contributed by atoms with van der Waals surface area (Å²) in [5.41, 5.74) is 6.24. The number of carbonyl (C=O) groups excluding carboxylic acids is 2. The maximum Gasteiger partial charge on any atom is 0.229 e. The molecular formula is C38H59O3P. The molecule has 0 fully saturated rings. The minimum Gasteiger partial charge on any atom is -0.307 e. The van der Waals surface area contributed by atoms with Crippen LogP contribution in [0.25, 0.3) is 0 Å². The highest BCUT2D eigenvalue weighted by Crippen LogP contribution is 2.56. The molecule has 2 aromatic rings. The summed E-state index contributed by atoms with van der Waals surface area (Å²) in [5.74, 6) is 0.845. The number of benzene rings is 2. The van der Waals surface area contributed by atoms with Crippen molar-refractivity contribution in [3.05, 3.63) is 68.8 Å². The zero-order valence-corrected chi connectivity index (χ0v) is 29.9. The molecule has 0 heterocycles. The Labute approximate surface area is 258 Å². The molecule has 0 aliphatic carbocycles. The molecule has 0 spiro atoms. The van der Waals surface area contributed by atoms with E-state index in [0.717, 1.165) is 41.5 Å². The van der Waals surface area contributed by atoms with E-state index >= 15 is 4.57 Å². The van der Waals surface area contributed by atoms with Crippen molar-refractivity contribution in [2.75, 3.05) is 6.16 Å². The molecule has 3 nitrogen and oxygen atoms in total. The first-order valence-electron chi connectivity index (χ1n) is 16.5. The van der Waals surface area contributed by atoms with E-state index in [1.54, 1.807) is 0 Å². The molecular weight excluding hydrogens is 535 g/mol. The molecule has 42 heavy (non-hydrogen) atoms. The summed E-state index contributed by atoms with van der Waals surface area (Å²) in [7, 11) is -4.01. The topological polar surface area (TPSA) is 51.2 Å². The second kappa shape index (κ2) is 15.1. The Bertz CT molecular complexity index is 1140. The van der Waals surface area contributed by atoms with Gasteiger partial charge in [0.1, 0.15) is 0 Å². The Morgan fingerprint density at radius 2 is 0.833 bits per heavy atom. The highest BCUT2D eigenvalue weighted by Gasteiger charge is 2.44. The van der Waals surface area contributed by atoms with E-state index in [2.05, 4.69) is 114 Å². The largest absolute Gasteiger partial charge is 0.307 e. The van der Waals surface area contributed by atoms with Crippen LogP contribution in [0.3, 0.4) is 0 Å². The fraction of sp³-hybridized carbons (Fsp3) is 0.632. The van der Waals surface area contributed by atoms with Crippen molar-refractivity contribution in [3.8, 4) is 0 Å². The first-order valence-corrected chi connectivity index (χ1v) is 18.4. The van der Waals surface area contributed by atoms with Crippen molar-refractivity contribution >= 4 is 18.2 Å². The number of carbonyl (C=O) groups is 2. The lowest BCUT2D eigenvalue weighted by atomic mass is 9.85. The van der Waals surface area contributed by atoms with E-state index in [4.69, 9.17) is 0 Å². The highest BCUT2D eigenvalue weighted by molar-refractivity contribution is 7.95. The number of rotatable bonds is 15. The molecule has 0 aromatic heterocycles. The zero-order valence-electron chi connectivity index (χ0n) is 29.0. The van der Waals surface area contributed by atoms with Gasteiger partial charge in [0.2, 0.25) is 18.2 Å². The van der Waals surface area contributed by atoms with Crippen LogP contribution in [0.5, 0.6) is 0 Å². The molecule has 234 valence electrons. The Morgan fingerprint density at radius 1 is 0.524 bits per heavy atom. The maximum absolute atomic E-state index is 15.4. The van der Waals surface area contributed by atoms with E-state index in [1.165, 1.54) is 11.1 Å². The fourth-order valence-electron chi connectivity index (χ4n) is 5.82. The molecule has 0 aliphatic heterocycles. The smallest absolute Gasteiger partial charge is 0.229 e. The van der Waals surface area contributed by atoms with Crippen molar-refractivity contribution in [1.29, 1.82) is 0 Å². The van der Waals surface area contributed by atoms with Gasteiger partial charge in [-0.2, -0.15) is 0 Å². The van der Waals surface area contributed by atoms with Gasteiger partial charge in [0, 0.05) is 17.3 Å². The van der Waals surface area contributed by atoms with Gasteiger partial charge in [-0.15, -0.1) is 0 Å². The van der Waals surface area contributed by atoms with Gasteiger partial charge in [-0.3, -0.25) is 9.59 Å². The first kappa shape index (κ1) is 36.2. The Balaban J connectivity index is 2.98. The predicted molar refractivity (Wildman–Crippen MR) is 183 cm³/mol. The lowest BCUT2D eigenvalue weighted by Gasteiger charge is -2.27. The van der Waals surface area contributed by atoms with Crippen molar-refractivity contribution in [2.45, 2.75) is 151 Å². The van der Waals surface area contributed by atoms with Crippen LogP contribution in [0.1, 0.15) is 205 Å². The van der Waals surface area contributed by atoms with Crippen LogP contribution >= 0.6 is 7.14 Å². The van der Waals surface area contributed by atoms with Gasteiger partial charge in [0.25, 0.3) is 0 Å². The van der Waals surface area contributed by atoms with E-state index in [1.807, 2.05) is 0 Å². The number of unbranched alkanes of at least 4 members (excludes halogenated alkanes) is 3. The van der Waals surface area contributed by atoms with Gasteiger partial charge in [-0.1, -0.05) is 134 Å². The van der Waals surface area contributed by atoms with Crippen molar-refractivity contribution in [2.24, 2.45) is 0 Å². The van der Waals surface area contributed by atoms with E-state index in [9.17, 15) is 9.59 Å². The molecule has 0 amide bonds. The molecule has 2 aromatic carbocycles. The lowest BCUT2D eigenvalue weighted by Crippen LogP contribution is -2.21. The van der Waals surface area contributed by atoms with Crippen LogP contribution in [0.2, 0.25) is 0 Å². The van der Waals surface area contributed by atoms with Gasteiger partial charge in [0.05, 0.1) is 0 Å². The average Bonchev–Trinajstić information content (AvgIpc) is 2.92. The van der Waals surface area contributed by atoms with Crippen LogP contribution in [0.4, 0.5) is 0 Å². The standard InChI is InChI=1S/C38H59O3P/c1-14-15-16-17-18-42(41,37(39)35-31(25(6)7)19-29(23(2)3)20-32(35)26(8)9)38(40)36-33(27(10)11)21-30(24(4)5)22-34(36)28(12)13/h19-28H,14-18H2,1-13H3. The molecule has 2 rings (SSSR count). The number of hydrogen-bond donors (Lipinski definition) is 0. The van der Waals surface area contributed by atoms with Crippen molar-refractivity contribution < 1.29 is 14.2 Å². The Kier molecular flexibility index (Phi) is 13.1. The first-order chi connectivity index (χ1) is 19.5. The third-order valence-electron chi connectivity index (χ3n) is 8.68. The molecule has 0 saturated carbocycles. The van der Waals surface area contributed by atoms with E-state index < -0.39 is 18.2 Å². The molecule has 0 unspecified atom stereocenters. The van der Waals surface area contributed by atoms with Crippen LogP contribution < -0.4 is 0 Å². The van der Waals surface area contributed by atoms with Crippen LogP contribution in [0, 0.1) is 0 Å². The second-order valence-corrected chi connectivity index (χ2v) is 17.0. The van der Waals surface area contributed by atoms with E-state index in [-0.39, 0.29) is 29.8 Å². The third-order valence-corrected chi connectivity index (χ3v) is 11.4. The van der Waals surface area contributed by atoms with Crippen LogP contribution in [0.15, 0.2) is 24.3 Å². The van der Waals surface area contributed by atoms with Crippen LogP contribution in [-0.2, 0) is 4.57 Å². The fourth-order valence-corrected chi connectivity index (χ4v) is 8.32. The minimum atomic E-state index is -4.01. The molecule has 0 N–H and O–H groups in total. The monoisotopic (exact) mass is 594 g/mol. The summed E-state index contributed by atoms with van der Waals surface area (Å²) in [5, 5.41) is 0. The quantitative estimate of drug-likeness (QED) is 0.152. The van der Waals surface area contributed by atoms with Gasteiger partial charge in [-0.05, 0) is 75.3 Å². The molecule has 0 bridgehead atoms. The van der Waals surface area contributed by atoms with Crippen molar-refractivity contribution in [3.63, 3.8) is 0 Å². The third kappa shape index (κ3) is 7.93. The zero-order chi connectivity index (χ0) is 32.1. The normalized spacial score (nSPS) is 12.5. The number of hydrogen-bond acceptors (Lipinski definition) is 3. The summed E-state index contributed by atoms with van der Waals surface area (Å²) in [6.45, 7) is 27.5. The molecule has 0 radical (unpaired) electrons. The minimum absolute atomic E-state index is 0.0616. The van der Waals surface area contributed by atoms with Gasteiger partial charge in [0.15, 0.2) is 0 Å². The van der Waals surface area contributed by atoms with Gasteiger partial charge < -0.3 is 4.57 Å². The maximum atomic E-state index is 15.4. The average molecular weight is 595 g/mol.